The molecule has 0 saturated carbocycles. The lowest BCUT2D eigenvalue weighted by Crippen LogP contribution is -2.32. The van der Waals surface area contributed by atoms with Crippen molar-refractivity contribution < 1.29 is 21.6 Å². The van der Waals surface area contributed by atoms with Gasteiger partial charge >= 0.3 is 0 Å². The molecule has 10 heteroatoms. The largest absolute Gasteiger partial charge is 0.343 e. The maximum atomic E-state index is 13.3. The molecule has 1 aliphatic rings. The van der Waals surface area contributed by atoms with Gasteiger partial charge in [-0.05, 0) is 37.1 Å². The maximum absolute atomic E-state index is 13.3. The highest BCUT2D eigenvalue weighted by Gasteiger charge is 2.29. The molecular weight excluding hydrogens is 438 g/mol. The molecule has 2 aromatic carbocycles. The Hall–Kier alpha value is -2.69. The number of nitrogens with zero attached hydrogens (tertiary/aromatic N) is 2. The molecule has 0 aliphatic carbocycles. The quantitative estimate of drug-likeness (QED) is 0.518. The van der Waals surface area contributed by atoms with Crippen molar-refractivity contribution in [3.8, 4) is 0 Å². The summed E-state index contributed by atoms with van der Waals surface area (Å²) in [7, 11) is -8.27. The smallest absolute Gasteiger partial charge is 0.269 e. The summed E-state index contributed by atoms with van der Waals surface area (Å²) in [6.07, 6.45) is 1.79. The van der Waals surface area contributed by atoms with Gasteiger partial charge in [-0.25, -0.2) is 25.5 Å². The van der Waals surface area contributed by atoms with Crippen molar-refractivity contribution in [2.24, 2.45) is 0 Å². The average molecular weight is 462 g/mol. The van der Waals surface area contributed by atoms with E-state index in [1.54, 1.807) is 47.4 Å². The second-order valence-electron chi connectivity index (χ2n) is 7.36. The first kappa shape index (κ1) is 21.5. The molecule has 1 aliphatic heterocycles. The number of sulfonamides is 1. The highest BCUT2D eigenvalue weighted by molar-refractivity contribution is 7.92. The van der Waals surface area contributed by atoms with Crippen LogP contribution in [0.3, 0.4) is 0 Å². The van der Waals surface area contributed by atoms with Crippen LogP contribution in [0.15, 0.2) is 70.6 Å². The standard InChI is InChI=1S/C21H23N3O5S2/c25-20-12-6-14-23(20)15-7-13-22-30(26,27)21-16-17-8-4-5-11-19(17)24(21)31(28,29)18-9-2-1-3-10-18/h1-5,8-11,16,22H,6-7,12-15H2. The summed E-state index contributed by atoms with van der Waals surface area (Å²) >= 11 is 0. The summed E-state index contributed by atoms with van der Waals surface area (Å²) in [5, 5.41) is 0.167. The molecule has 0 atom stereocenters. The molecule has 0 spiro atoms. The maximum Gasteiger partial charge on any atom is 0.269 e. The highest BCUT2D eigenvalue weighted by atomic mass is 32.2. The number of carbonyl (C=O) groups is 1. The molecule has 1 fully saturated rings. The molecule has 1 aromatic heterocycles. The van der Waals surface area contributed by atoms with Crippen molar-refractivity contribution in [2.45, 2.75) is 29.2 Å². The molecule has 0 unspecified atom stereocenters. The summed E-state index contributed by atoms with van der Waals surface area (Å²) in [6.45, 7) is 1.25. The lowest BCUT2D eigenvalue weighted by molar-refractivity contribution is -0.127. The van der Waals surface area contributed by atoms with Crippen LogP contribution in [0.25, 0.3) is 10.9 Å². The fourth-order valence-electron chi connectivity index (χ4n) is 3.73. The Morgan fingerprint density at radius 3 is 2.35 bits per heavy atom. The fraction of sp³-hybridized carbons (Fsp3) is 0.286. The molecular formula is C21H23N3O5S2. The van der Waals surface area contributed by atoms with E-state index in [0.717, 1.165) is 10.4 Å². The van der Waals surface area contributed by atoms with Crippen LogP contribution in [0, 0.1) is 0 Å². The normalized spacial score (nSPS) is 15.1. The van der Waals surface area contributed by atoms with E-state index in [0.29, 0.717) is 31.3 Å². The number of nitrogens with one attached hydrogen (secondary N) is 1. The molecule has 31 heavy (non-hydrogen) atoms. The number of rotatable bonds is 8. The van der Waals surface area contributed by atoms with Crippen molar-refractivity contribution in [3.05, 3.63) is 60.7 Å². The number of hydrogen-bond acceptors (Lipinski definition) is 5. The SMILES string of the molecule is O=C1CCCN1CCCNS(=O)(=O)c1cc2ccccc2n1S(=O)(=O)c1ccccc1. The number of benzene rings is 2. The Kier molecular flexibility index (Phi) is 5.87. The lowest BCUT2D eigenvalue weighted by atomic mass is 10.3. The zero-order valence-electron chi connectivity index (χ0n) is 16.8. The van der Waals surface area contributed by atoms with Gasteiger partial charge in [-0.1, -0.05) is 36.4 Å². The Morgan fingerprint density at radius 1 is 0.935 bits per heavy atom. The van der Waals surface area contributed by atoms with Crippen molar-refractivity contribution in [1.29, 1.82) is 0 Å². The Labute approximate surface area is 181 Å². The fourth-order valence-corrected chi connectivity index (χ4v) is 6.90. The number of carbonyl (C=O) groups excluding carboxylic acids is 1. The van der Waals surface area contributed by atoms with Crippen LogP contribution >= 0.6 is 0 Å². The van der Waals surface area contributed by atoms with E-state index in [1.165, 1.54) is 18.2 Å². The number of aromatic nitrogens is 1. The molecule has 1 amide bonds. The topological polar surface area (TPSA) is 106 Å². The summed E-state index contributed by atoms with van der Waals surface area (Å²) < 4.78 is 56.2. The van der Waals surface area contributed by atoms with Gasteiger partial charge in [0.15, 0.2) is 5.03 Å². The van der Waals surface area contributed by atoms with Crippen molar-refractivity contribution in [3.63, 3.8) is 0 Å². The Balaban J connectivity index is 1.65. The molecule has 1 N–H and O–H groups in total. The van der Waals surface area contributed by atoms with E-state index < -0.39 is 20.0 Å². The van der Waals surface area contributed by atoms with E-state index in [-0.39, 0.29) is 27.9 Å². The predicted molar refractivity (Wildman–Crippen MR) is 117 cm³/mol. The molecule has 3 aromatic rings. The number of hydrogen-bond donors (Lipinski definition) is 1. The third kappa shape index (κ3) is 4.23. The first-order valence-electron chi connectivity index (χ1n) is 9.99. The van der Waals surface area contributed by atoms with E-state index in [9.17, 15) is 21.6 Å². The van der Waals surface area contributed by atoms with Crippen LogP contribution in [-0.4, -0.2) is 51.2 Å². The van der Waals surface area contributed by atoms with Crippen molar-refractivity contribution >= 4 is 36.9 Å². The molecule has 164 valence electrons. The Morgan fingerprint density at radius 2 is 1.65 bits per heavy atom. The van der Waals surface area contributed by atoms with Gasteiger partial charge < -0.3 is 4.90 Å². The minimum Gasteiger partial charge on any atom is -0.343 e. The molecule has 0 radical (unpaired) electrons. The van der Waals surface area contributed by atoms with Gasteiger partial charge in [0, 0.05) is 31.4 Å². The number of amides is 1. The summed E-state index contributed by atoms with van der Waals surface area (Å²) in [5.41, 5.74) is 0.286. The third-order valence-corrected chi connectivity index (χ3v) is 8.55. The first-order chi connectivity index (χ1) is 14.8. The van der Waals surface area contributed by atoms with E-state index in [4.69, 9.17) is 0 Å². The van der Waals surface area contributed by atoms with Gasteiger partial charge in [-0.15, -0.1) is 0 Å². The monoisotopic (exact) mass is 461 g/mol. The van der Waals surface area contributed by atoms with Crippen LogP contribution in [0.5, 0.6) is 0 Å². The number of fused-ring (bicyclic) bond motifs is 1. The number of likely N-dealkylation sites (tertiary alicyclic amines) is 1. The average Bonchev–Trinajstić information content (AvgIpc) is 3.36. The first-order valence-corrected chi connectivity index (χ1v) is 12.9. The minimum atomic E-state index is -4.14. The molecule has 0 bridgehead atoms. The minimum absolute atomic E-state index is 0.000323. The number of para-hydroxylation sites is 1. The molecule has 8 nitrogen and oxygen atoms in total. The van der Waals surface area contributed by atoms with Crippen molar-refractivity contribution in [1.82, 2.24) is 13.6 Å². The predicted octanol–water partition coefficient (Wildman–Crippen LogP) is 2.17. The van der Waals surface area contributed by atoms with Crippen molar-refractivity contribution in [2.75, 3.05) is 19.6 Å². The van der Waals surface area contributed by atoms with Crippen LogP contribution in [0.1, 0.15) is 19.3 Å². The van der Waals surface area contributed by atoms with E-state index in [2.05, 4.69) is 4.72 Å². The van der Waals surface area contributed by atoms with Crippen LogP contribution in [0.2, 0.25) is 0 Å². The molecule has 4 rings (SSSR count). The Bertz CT molecular complexity index is 1320. The van der Waals surface area contributed by atoms with Gasteiger partial charge in [0.25, 0.3) is 20.0 Å². The second kappa shape index (κ2) is 8.45. The lowest BCUT2D eigenvalue weighted by Gasteiger charge is -2.16. The van der Waals surface area contributed by atoms with Gasteiger partial charge in [0.1, 0.15) is 0 Å². The van der Waals surface area contributed by atoms with Crippen LogP contribution in [-0.2, 0) is 24.8 Å². The summed E-state index contributed by atoms with van der Waals surface area (Å²) in [6, 6.07) is 15.7. The van der Waals surface area contributed by atoms with E-state index >= 15 is 0 Å². The highest BCUT2D eigenvalue weighted by Crippen LogP contribution is 2.28. The van der Waals surface area contributed by atoms with Crippen LogP contribution in [0.4, 0.5) is 0 Å². The van der Waals surface area contributed by atoms with Gasteiger partial charge in [0.05, 0.1) is 10.4 Å². The van der Waals surface area contributed by atoms with Gasteiger partial charge in [-0.2, -0.15) is 0 Å². The van der Waals surface area contributed by atoms with E-state index in [1.807, 2.05) is 0 Å². The second-order valence-corrected chi connectivity index (χ2v) is 10.9. The molecule has 2 heterocycles. The summed E-state index contributed by atoms with van der Waals surface area (Å²) in [4.78, 5) is 13.4. The zero-order valence-corrected chi connectivity index (χ0v) is 18.4. The van der Waals surface area contributed by atoms with Gasteiger partial charge in [0.2, 0.25) is 5.91 Å². The van der Waals surface area contributed by atoms with Crippen LogP contribution < -0.4 is 4.72 Å². The zero-order chi connectivity index (χ0) is 22.1. The summed E-state index contributed by atoms with van der Waals surface area (Å²) in [5.74, 6) is 0.0805. The third-order valence-electron chi connectivity index (χ3n) is 5.26. The molecule has 1 saturated heterocycles. The van der Waals surface area contributed by atoms with Gasteiger partial charge in [-0.3, -0.25) is 4.79 Å².